The van der Waals surface area contributed by atoms with Crippen LogP contribution in [0.5, 0.6) is 0 Å². The van der Waals surface area contributed by atoms with Gasteiger partial charge in [-0.2, -0.15) is 0 Å². The molecule has 0 aliphatic heterocycles. The number of thioether (sulfide) groups is 1. The second-order valence-electron chi connectivity index (χ2n) is 2.26. The second kappa shape index (κ2) is 4.16. The largest absolute Gasteiger partial charge is 0.272 e. The normalized spacial score (nSPS) is 9.50. The number of hydrogen-bond donors (Lipinski definition) is 0. The highest BCUT2D eigenvalue weighted by Crippen LogP contribution is 2.14. The summed E-state index contributed by atoms with van der Waals surface area (Å²) in [5, 5.41) is 3.57. The molecule has 12 heavy (non-hydrogen) atoms. The molecule has 0 N–H and O–H groups in total. The van der Waals surface area contributed by atoms with Crippen LogP contribution in [0.15, 0.2) is 29.2 Å². The van der Waals surface area contributed by atoms with Crippen molar-refractivity contribution >= 4 is 17.7 Å². The molecule has 0 heterocycles. The number of nitrogens with zero attached hydrogens (tertiary/aromatic N) is 1. The highest BCUT2D eigenvalue weighted by molar-refractivity contribution is 7.98. The van der Waals surface area contributed by atoms with Crippen LogP contribution in [0.25, 0.3) is 0 Å². The summed E-state index contributed by atoms with van der Waals surface area (Å²) in [7, 11) is 1.50. The van der Waals surface area contributed by atoms with Gasteiger partial charge in [0.1, 0.15) is 0 Å². The van der Waals surface area contributed by atoms with Crippen molar-refractivity contribution in [3.63, 3.8) is 0 Å². The van der Waals surface area contributed by atoms with Gasteiger partial charge < -0.3 is 0 Å². The molecule has 0 aromatic heterocycles. The van der Waals surface area contributed by atoms with E-state index in [1.54, 1.807) is 23.9 Å². The topological polar surface area (TPSA) is 31.2 Å². The third-order valence-electron chi connectivity index (χ3n) is 1.54. The van der Waals surface area contributed by atoms with Crippen molar-refractivity contribution in [3.05, 3.63) is 29.8 Å². The lowest BCUT2D eigenvalue weighted by Gasteiger charge is -1.98. The SMILES string of the molecule is C[N]C(=O)c1ccc(SC)cc1. The first-order chi connectivity index (χ1) is 5.77. The highest BCUT2D eigenvalue weighted by atomic mass is 32.2. The molecule has 1 rings (SSSR count). The van der Waals surface area contributed by atoms with Crippen LogP contribution in [0.4, 0.5) is 0 Å². The maximum atomic E-state index is 11.0. The molecule has 0 spiro atoms. The average molecular weight is 180 g/mol. The number of amides is 1. The maximum absolute atomic E-state index is 11.0. The van der Waals surface area contributed by atoms with Gasteiger partial charge in [0.15, 0.2) is 0 Å². The van der Waals surface area contributed by atoms with Crippen LogP contribution < -0.4 is 5.32 Å². The molecule has 0 fully saturated rings. The fraction of sp³-hybridized carbons (Fsp3) is 0.222. The predicted octanol–water partition coefficient (Wildman–Crippen LogP) is 1.78. The Morgan fingerprint density at radius 2 is 1.92 bits per heavy atom. The zero-order valence-electron chi connectivity index (χ0n) is 7.07. The number of carbonyl (C=O) groups is 1. The number of rotatable bonds is 2. The molecule has 0 aliphatic carbocycles. The summed E-state index contributed by atoms with van der Waals surface area (Å²) in [6.07, 6.45) is 2.00. The van der Waals surface area contributed by atoms with Crippen molar-refractivity contribution in [2.75, 3.05) is 13.3 Å². The van der Waals surface area contributed by atoms with Gasteiger partial charge >= 0.3 is 0 Å². The Morgan fingerprint density at radius 1 is 1.33 bits per heavy atom. The molecule has 63 valence electrons. The number of carbonyl (C=O) groups excluding carboxylic acids is 1. The van der Waals surface area contributed by atoms with Gasteiger partial charge in [-0.3, -0.25) is 10.1 Å². The lowest BCUT2D eigenvalue weighted by molar-refractivity contribution is 0.0959. The Kier molecular flexibility index (Phi) is 3.17. The van der Waals surface area contributed by atoms with Crippen molar-refractivity contribution in [1.82, 2.24) is 5.32 Å². The van der Waals surface area contributed by atoms with Crippen molar-refractivity contribution in [2.24, 2.45) is 0 Å². The summed E-state index contributed by atoms with van der Waals surface area (Å²) >= 11 is 1.65. The van der Waals surface area contributed by atoms with Gasteiger partial charge in [-0.1, -0.05) is 0 Å². The lowest BCUT2D eigenvalue weighted by atomic mass is 10.2. The van der Waals surface area contributed by atoms with Crippen molar-refractivity contribution < 1.29 is 4.79 Å². The first-order valence-electron chi connectivity index (χ1n) is 3.56. The van der Waals surface area contributed by atoms with E-state index in [9.17, 15) is 4.79 Å². The molecule has 1 radical (unpaired) electrons. The standard InChI is InChI=1S/C9H10NOS/c1-10-9(11)7-3-5-8(12-2)6-4-7/h3-6H,1-2H3. The smallest absolute Gasteiger partial charge is 0.267 e. The molecule has 0 saturated heterocycles. The van der Waals surface area contributed by atoms with Crippen LogP contribution in [0.1, 0.15) is 10.4 Å². The van der Waals surface area contributed by atoms with Crippen LogP contribution in [0, 0.1) is 0 Å². The zero-order valence-corrected chi connectivity index (χ0v) is 7.89. The summed E-state index contributed by atoms with van der Waals surface area (Å²) in [5.74, 6) is -0.164. The Morgan fingerprint density at radius 3 is 2.33 bits per heavy atom. The van der Waals surface area contributed by atoms with Crippen LogP contribution in [-0.4, -0.2) is 19.2 Å². The van der Waals surface area contributed by atoms with Crippen LogP contribution in [0.2, 0.25) is 0 Å². The zero-order chi connectivity index (χ0) is 8.97. The van der Waals surface area contributed by atoms with E-state index >= 15 is 0 Å². The van der Waals surface area contributed by atoms with E-state index in [1.807, 2.05) is 18.4 Å². The molecule has 0 aliphatic rings. The summed E-state index contributed by atoms with van der Waals surface area (Å²) in [4.78, 5) is 12.2. The predicted molar refractivity (Wildman–Crippen MR) is 50.6 cm³/mol. The molecule has 0 atom stereocenters. The van der Waals surface area contributed by atoms with E-state index in [0.29, 0.717) is 5.56 Å². The summed E-state index contributed by atoms with van der Waals surface area (Å²) in [6.45, 7) is 0. The monoisotopic (exact) mass is 180 g/mol. The summed E-state index contributed by atoms with van der Waals surface area (Å²) < 4.78 is 0. The van der Waals surface area contributed by atoms with Gasteiger partial charge in [-0.25, -0.2) is 0 Å². The van der Waals surface area contributed by atoms with E-state index in [2.05, 4.69) is 5.32 Å². The van der Waals surface area contributed by atoms with E-state index in [0.717, 1.165) is 4.90 Å². The molecule has 3 heteroatoms. The van der Waals surface area contributed by atoms with Crippen molar-refractivity contribution in [2.45, 2.75) is 4.90 Å². The van der Waals surface area contributed by atoms with E-state index < -0.39 is 0 Å². The number of hydrogen-bond acceptors (Lipinski definition) is 2. The van der Waals surface area contributed by atoms with Gasteiger partial charge in [-0.15, -0.1) is 11.8 Å². The first kappa shape index (κ1) is 9.13. The average Bonchev–Trinajstić information content (AvgIpc) is 2.17. The molecule has 0 unspecified atom stereocenters. The molecule has 0 bridgehead atoms. The summed E-state index contributed by atoms with van der Waals surface area (Å²) in [5.41, 5.74) is 0.648. The van der Waals surface area contributed by atoms with E-state index in [1.165, 1.54) is 7.05 Å². The molecule has 1 aromatic rings. The van der Waals surface area contributed by atoms with Gasteiger partial charge in [0.2, 0.25) is 0 Å². The Bertz CT molecular complexity index is 268. The Hall–Kier alpha value is -0.960. The minimum Gasteiger partial charge on any atom is -0.267 e. The Balaban J connectivity index is 2.84. The third kappa shape index (κ3) is 2.01. The lowest BCUT2D eigenvalue weighted by Crippen LogP contribution is -2.09. The van der Waals surface area contributed by atoms with Crippen LogP contribution >= 0.6 is 11.8 Å². The molecule has 0 saturated carbocycles. The summed E-state index contributed by atoms with van der Waals surface area (Å²) in [6, 6.07) is 7.43. The van der Waals surface area contributed by atoms with E-state index in [-0.39, 0.29) is 5.91 Å². The fourth-order valence-corrected chi connectivity index (χ4v) is 1.27. The maximum Gasteiger partial charge on any atom is 0.272 e. The number of benzene rings is 1. The quantitative estimate of drug-likeness (QED) is 0.650. The molecular weight excluding hydrogens is 170 g/mol. The van der Waals surface area contributed by atoms with Crippen molar-refractivity contribution in [1.29, 1.82) is 0 Å². The fourth-order valence-electron chi connectivity index (χ4n) is 0.863. The minimum absolute atomic E-state index is 0.164. The van der Waals surface area contributed by atoms with E-state index in [4.69, 9.17) is 0 Å². The van der Waals surface area contributed by atoms with Gasteiger partial charge in [0, 0.05) is 17.5 Å². The highest BCUT2D eigenvalue weighted by Gasteiger charge is 2.02. The minimum atomic E-state index is -0.164. The molecule has 2 nitrogen and oxygen atoms in total. The van der Waals surface area contributed by atoms with Crippen LogP contribution in [-0.2, 0) is 0 Å². The second-order valence-corrected chi connectivity index (χ2v) is 3.14. The molecular formula is C9H10NOS. The van der Waals surface area contributed by atoms with Gasteiger partial charge in [0.25, 0.3) is 5.91 Å². The molecule has 1 amide bonds. The third-order valence-corrected chi connectivity index (χ3v) is 2.28. The van der Waals surface area contributed by atoms with Gasteiger partial charge in [0.05, 0.1) is 0 Å². The molecule has 1 aromatic carbocycles. The van der Waals surface area contributed by atoms with Crippen molar-refractivity contribution in [3.8, 4) is 0 Å². The van der Waals surface area contributed by atoms with Gasteiger partial charge in [-0.05, 0) is 30.5 Å². The Labute approximate surface area is 76.4 Å². The van der Waals surface area contributed by atoms with Crippen LogP contribution in [0.3, 0.4) is 0 Å². The first-order valence-corrected chi connectivity index (χ1v) is 4.78.